The summed E-state index contributed by atoms with van der Waals surface area (Å²) in [6, 6.07) is 18.8. The fourth-order valence-electron chi connectivity index (χ4n) is 8.37. The van der Waals surface area contributed by atoms with Crippen LogP contribution in [0.2, 0.25) is 0 Å². The molecule has 2 heterocycles. The molecule has 7 rings (SSSR count). The first kappa shape index (κ1) is 29.5. The molecule has 46 heavy (non-hydrogen) atoms. The van der Waals surface area contributed by atoms with Crippen LogP contribution in [0.4, 0.5) is 11.4 Å². The zero-order chi connectivity index (χ0) is 32.5. The number of imide groups is 2. The van der Waals surface area contributed by atoms with Crippen LogP contribution in [0.15, 0.2) is 85.0 Å². The van der Waals surface area contributed by atoms with Gasteiger partial charge in [0.1, 0.15) is 17.2 Å². The molecule has 3 aromatic carbocycles. The predicted octanol–water partition coefficient (Wildman–Crippen LogP) is 5.49. The number of aromatic hydroxyl groups is 1. The average Bonchev–Trinajstić information content (AvgIpc) is 3.44. The maximum absolute atomic E-state index is 14.6. The number of rotatable bonds is 6. The summed E-state index contributed by atoms with van der Waals surface area (Å²) in [6.45, 7) is 5.58. The zero-order valence-electron chi connectivity index (χ0n) is 25.8. The topological polar surface area (TPSA) is 113 Å². The van der Waals surface area contributed by atoms with Gasteiger partial charge in [-0.2, -0.15) is 0 Å². The van der Waals surface area contributed by atoms with Crippen LogP contribution in [0.5, 0.6) is 17.2 Å². The van der Waals surface area contributed by atoms with Crippen molar-refractivity contribution >= 4 is 41.1 Å². The molecule has 0 spiro atoms. The molecule has 0 aromatic heterocycles. The third-order valence-electron chi connectivity index (χ3n) is 10.5. The van der Waals surface area contributed by atoms with Crippen molar-refractivity contribution in [1.29, 1.82) is 0 Å². The van der Waals surface area contributed by atoms with Gasteiger partial charge >= 0.3 is 0 Å². The van der Waals surface area contributed by atoms with Crippen molar-refractivity contribution in [1.82, 2.24) is 0 Å². The third kappa shape index (κ3) is 4.00. The number of para-hydroxylation sites is 1. The van der Waals surface area contributed by atoms with Crippen molar-refractivity contribution in [2.45, 2.75) is 25.7 Å². The number of allylic oxidation sites excluding steroid dienone is 2. The molecule has 0 bridgehead atoms. The second-order valence-corrected chi connectivity index (χ2v) is 12.6. The second kappa shape index (κ2) is 10.7. The minimum absolute atomic E-state index is 0.0846. The van der Waals surface area contributed by atoms with Crippen LogP contribution in [0.1, 0.15) is 36.8 Å². The van der Waals surface area contributed by atoms with Gasteiger partial charge in [0.05, 0.1) is 48.8 Å². The number of hydrogen-bond donors (Lipinski definition) is 1. The number of amides is 4. The summed E-state index contributed by atoms with van der Waals surface area (Å²) >= 11 is 0. The summed E-state index contributed by atoms with van der Waals surface area (Å²) in [5.41, 5.74) is 1.83. The quantitative estimate of drug-likeness (QED) is 0.287. The molecule has 9 heteroatoms. The fourth-order valence-corrected chi connectivity index (χ4v) is 8.37. The van der Waals surface area contributed by atoms with E-state index in [0.717, 1.165) is 11.1 Å². The first-order valence-corrected chi connectivity index (χ1v) is 15.3. The smallest absolute Gasteiger partial charge is 0.241 e. The van der Waals surface area contributed by atoms with Crippen LogP contribution < -0.4 is 19.3 Å². The Kier molecular flexibility index (Phi) is 6.88. The van der Waals surface area contributed by atoms with Gasteiger partial charge < -0.3 is 14.6 Å². The molecule has 2 aliphatic carbocycles. The molecule has 3 fully saturated rings. The van der Waals surface area contributed by atoms with E-state index < -0.39 is 35.0 Å². The first-order chi connectivity index (χ1) is 22.1. The van der Waals surface area contributed by atoms with E-state index in [2.05, 4.69) is 6.58 Å². The van der Waals surface area contributed by atoms with Gasteiger partial charge in [-0.25, -0.2) is 4.90 Å². The maximum Gasteiger partial charge on any atom is 0.241 e. The van der Waals surface area contributed by atoms with Gasteiger partial charge in [0.25, 0.3) is 0 Å². The molecule has 3 aromatic rings. The Morgan fingerprint density at radius 2 is 1.48 bits per heavy atom. The normalized spacial score (nSPS) is 28.4. The van der Waals surface area contributed by atoms with Crippen LogP contribution in [0, 0.1) is 29.1 Å². The highest BCUT2D eigenvalue weighted by Gasteiger charge is 2.68. The van der Waals surface area contributed by atoms with E-state index in [0.29, 0.717) is 34.9 Å². The number of fused-ring (bicyclic) bond motifs is 4. The largest absolute Gasteiger partial charge is 0.508 e. The van der Waals surface area contributed by atoms with Gasteiger partial charge in [0.2, 0.25) is 23.6 Å². The maximum atomic E-state index is 14.6. The summed E-state index contributed by atoms with van der Waals surface area (Å²) in [6.07, 6.45) is 4.19. The van der Waals surface area contributed by atoms with Gasteiger partial charge in [-0.15, -0.1) is 0 Å². The van der Waals surface area contributed by atoms with Crippen molar-refractivity contribution < 1.29 is 33.8 Å². The number of anilines is 2. The monoisotopic (exact) mass is 618 g/mol. The number of phenols is 1. The van der Waals surface area contributed by atoms with E-state index in [1.54, 1.807) is 61.5 Å². The molecule has 1 saturated carbocycles. The third-order valence-corrected chi connectivity index (χ3v) is 10.5. The number of carbonyl (C=O) groups excluding carboxylic acids is 4. The van der Waals surface area contributed by atoms with Gasteiger partial charge in [0.15, 0.2) is 0 Å². The van der Waals surface area contributed by atoms with Crippen molar-refractivity contribution in [3.63, 3.8) is 0 Å². The summed E-state index contributed by atoms with van der Waals surface area (Å²) in [5, 5.41) is 10.5. The van der Waals surface area contributed by atoms with Gasteiger partial charge in [-0.1, -0.05) is 54.6 Å². The molecule has 234 valence electrons. The van der Waals surface area contributed by atoms with Crippen molar-refractivity contribution in [2.24, 2.45) is 29.1 Å². The summed E-state index contributed by atoms with van der Waals surface area (Å²) < 4.78 is 11.5. The number of hydrogen-bond acceptors (Lipinski definition) is 7. The molecule has 6 unspecified atom stereocenters. The van der Waals surface area contributed by atoms with E-state index in [4.69, 9.17) is 9.47 Å². The molecule has 2 saturated heterocycles. The molecule has 2 aliphatic heterocycles. The number of ether oxygens (including phenoxy) is 2. The Balaban J connectivity index is 1.41. The minimum atomic E-state index is -1.29. The lowest BCUT2D eigenvalue weighted by atomic mass is 9.51. The van der Waals surface area contributed by atoms with E-state index in [9.17, 15) is 24.3 Å². The molecular formula is C37H34N2O7. The number of benzene rings is 3. The van der Waals surface area contributed by atoms with E-state index in [-0.39, 0.29) is 35.8 Å². The van der Waals surface area contributed by atoms with Gasteiger partial charge in [-0.05, 0) is 55.5 Å². The van der Waals surface area contributed by atoms with Crippen LogP contribution >= 0.6 is 0 Å². The molecule has 0 radical (unpaired) electrons. The highest BCUT2D eigenvalue weighted by molar-refractivity contribution is 6.25. The first-order valence-electron chi connectivity index (χ1n) is 15.3. The van der Waals surface area contributed by atoms with Crippen LogP contribution in [-0.4, -0.2) is 43.0 Å². The zero-order valence-corrected chi connectivity index (χ0v) is 25.8. The molecular weight excluding hydrogens is 584 g/mol. The minimum Gasteiger partial charge on any atom is -0.508 e. The van der Waals surface area contributed by atoms with Crippen molar-refractivity contribution in [3.8, 4) is 17.2 Å². The van der Waals surface area contributed by atoms with E-state index >= 15 is 0 Å². The van der Waals surface area contributed by atoms with Crippen molar-refractivity contribution in [3.05, 3.63) is 96.1 Å². The summed E-state index contributed by atoms with van der Waals surface area (Å²) in [4.78, 5) is 59.7. The number of phenolic OH excluding ortho intramolecular Hbond substituents is 1. The van der Waals surface area contributed by atoms with Crippen LogP contribution in [0.25, 0.3) is 6.08 Å². The second-order valence-electron chi connectivity index (χ2n) is 12.6. The van der Waals surface area contributed by atoms with Gasteiger partial charge in [0, 0.05) is 23.6 Å². The number of nitrogens with zero attached hydrogens (tertiary/aromatic N) is 2. The van der Waals surface area contributed by atoms with E-state index in [1.807, 2.05) is 12.1 Å². The Hall–Kier alpha value is -5.18. The predicted molar refractivity (Wildman–Crippen MR) is 171 cm³/mol. The molecule has 1 N–H and O–H groups in total. The lowest BCUT2D eigenvalue weighted by Gasteiger charge is -2.49. The number of methoxy groups -OCH3 is 2. The molecule has 4 aliphatic rings. The lowest BCUT2D eigenvalue weighted by molar-refractivity contribution is -0.131. The number of carbonyl (C=O) groups is 4. The Morgan fingerprint density at radius 3 is 2.09 bits per heavy atom. The van der Waals surface area contributed by atoms with Gasteiger partial charge in [-0.3, -0.25) is 24.1 Å². The van der Waals surface area contributed by atoms with Crippen LogP contribution in [0.3, 0.4) is 0 Å². The Bertz CT molecular complexity index is 1810. The lowest BCUT2D eigenvalue weighted by Crippen LogP contribution is -2.49. The highest BCUT2D eigenvalue weighted by atomic mass is 16.5. The molecule has 9 nitrogen and oxygen atoms in total. The van der Waals surface area contributed by atoms with Crippen LogP contribution in [-0.2, 0) is 19.2 Å². The van der Waals surface area contributed by atoms with E-state index in [1.165, 1.54) is 36.2 Å². The Labute approximate surface area is 266 Å². The highest BCUT2D eigenvalue weighted by Crippen LogP contribution is 2.65. The molecule has 4 amide bonds. The standard InChI is InChI=1S/C37H34N2O7/c1-5-20-11-13-22(14-12-20)38-33(41)25-16-15-24-26(30(25)35(38)43)19-27-34(42)39(21-9-7-6-8-10-21)36(44)37(27,2)32(24)31-28(45-3)17-23(40)18-29(31)46-4/h5-15,17-18,25-27,30,32,40H,1,16,19H2,2-4H3. The van der Waals surface area contributed by atoms with Crippen molar-refractivity contribution in [2.75, 3.05) is 24.0 Å². The SMILES string of the molecule is C=Cc1ccc(N2C(=O)C3CC=C4C(CC5C(=O)N(c6ccccc6)C(=O)C5(C)C4c4c(OC)cc(O)cc4OC)C3C2=O)cc1. The fraction of sp³-hybridized carbons (Fsp3) is 0.297. The molecule has 6 atom stereocenters. The summed E-state index contributed by atoms with van der Waals surface area (Å²) in [5.74, 6) is -4.21. The summed E-state index contributed by atoms with van der Waals surface area (Å²) in [7, 11) is 2.94. The Morgan fingerprint density at radius 1 is 0.848 bits per heavy atom. The average molecular weight is 619 g/mol.